The van der Waals surface area contributed by atoms with Gasteiger partial charge in [-0.2, -0.15) is 11.6 Å². The molecule has 3 N–H and O–H groups in total. The molecule has 12 heavy (non-hydrogen) atoms. The molecule has 0 aliphatic heterocycles. The van der Waals surface area contributed by atoms with Crippen molar-refractivity contribution in [3.63, 3.8) is 0 Å². The molecule has 1 saturated carbocycles. The summed E-state index contributed by atoms with van der Waals surface area (Å²) in [5.41, 5.74) is 5.36. The zero-order valence-corrected chi connectivity index (χ0v) is 10.2. The van der Waals surface area contributed by atoms with E-state index >= 15 is 0 Å². The Bertz CT molecular complexity index is 124. The Morgan fingerprint density at radius 2 is 2.25 bits per heavy atom. The third-order valence-corrected chi connectivity index (χ3v) is 5.11. The van der Waals surface area contributed by atoms with E-state index in [0.29, 0.717) is 0 Å². The second-order valence-electron chi connectivity index (χ2n) is 3.10. The lowest BCUT2D eigenvalue weighted by atomic mass is 10.0. The molecule has 0 spiro atoms. The van der Waals surface area contributed by atoms with E-state index in [-0.39, 0.29) is 0 Å². The van der Waals surface area contributed by atoms with Crippen LogP contribution in [0.3, 0.4) is 0 Å². The van der Waals surface area contributed by atoms with Gasteiger partial charge < -0.3 is 11.1 Å². The molecule has 0 atom stereocenters. The summed E-state index contributed by atoms with van der Waals surface area (Å²) in [7, 11) is 0. The highest BCUT2D eigenvalue weighted by Gasteiger charge is 2.32. The summed E-state index contributed by atoms with van der Waals surface area (Å²) >= 11 is 4.65. The van der Waals surface area contributed by atoms with Crippen molar-refractivity contribution < 1.29 is 0 Å². The van der Waals surface area contributed by atoms with E-state index < -0.39 is 0 Å². The topological polar surface area (TPSA) is 38.0 Å². The predicted octanol–water partition coefficient (Wildman–Crippen LogP) is 1.36. The molecule has 2 nitrogen and oxygen atoms in total. The molecule has 0 bridgehead atoms. The molecule has 1 aliphatic carbocycles. The van der Waals surface area contributed by atoms with Gasteiger partial charge >= 0.3 is 0 Å². The minimum atomic E-state index is 0.751. The first-order valence-corrected chi connectivity index (χ1v) is 6.80. The summed E-state index contributed by atoms with van der Waals surface area (Å²) in [6.07, 6.45) is 2.91. The van der Waals surface area contributed by atoms with Gasteiger partial charge in [-0.25, -0.2) is 0 Å². The summed E-state index contributed by atoms with van der Waals surface area (Å²) in [6.45, 7) is 2.81. The Labute approximate surface area is 92.7 Å². The van der Waals surface area contributed by atoms with Crippen LogP contribution in [0.15, 0.2) is 0 Å². The second-order valence-corrected chi connectivity index (χ2v) is 6.53. The van der Waals surface area contributed by atoms with Crippen LogP contribution in [0.2, 0.25) is 5.82 Å². The quantitative estimate of drug-likeness (QED) is 0.423. The van der Waals surface area contributed by atoms with E-state index in [0.717, 1.165) is 29.3 Å². The number of nitrogens with two attached hydrogens (primary N) is 1. The lowest BCUT2D eigenvalue weighted by molar-refractivity contribution is 0.730. The molecule has 1 fully saturated rings. The molecule has 1 aliphatic rings. The van der Waals surface area contributed by atoms with Crippen LogP contribution in [0.25, 0.3) is 0 Å². The largest absolute Gasteiger partial charge is 0.329 e. The predicted molar refractivity (Wildman–Crippen MR) is 67.1 cm³/mol. The number of halogens is 1. The highest BCUT2D eigenvalue weighted by Crippen LogP contribution is 2.45. The molecule has 70 valence electrons. The van der Waals surface area contributed by atoms with E-state index in [4.69, 9.17) is 5.73 Å². The molecule has 0 saturated heterocycles. The highest BCUT2D eigenvalue weighted by atomic mass is 127. The number of nitrogens with one attached hydrogen (secondary N) is 1. The summed E-state index contributed by atoms with van der Waals surface area (Å²) in [5, 5.41) is 3.30. The van der Waals surface area contributed by atoms with Gasteiger partial charge in [-0.15, -0.1) is 22.4 Å². The lowest BCUT2D eigenvalue weighted by Crippen LogP contribution is -2.25. The summed E-state index contributed by atoms with van der Waals surface area (Å²) in [5.74, 6) is 2.24. The minimum Gasteiger partial charge on any atom is -0.329 e. The van der Waals surface area contributed by atoms with Gasteiger partial charge in [0.25, 0.3) is 3.85 Å². The van der Waals surface area contributed by atoms with E-state index in [2.05, 4.69) is 39.3 Å². The Hall–Kier alpha value is 1.06. The molecule has 0 unspecified atom stereocenters. The zero-order chi connectivity index (χ0) is 8.81. The molecule has 0 heterocycles. The van der Waals surface area contributed by atoms with Gasteiger partial charge in [-0.05, 0) is 11.6 Å². The van der Waals surface area contributed by atoms with Crippen LogP contribution in [0, 0.1) is 0 Å². The monoisotopic (exact) mass is 298 g/mol. The maximum Gasteiger partial charge on any atom is 0.284 e. The van der Waals surface area contributed by atoms with Gasteiger partial charge in [0.15, 0.2) is 0 Å². The van der Waals surface area contributed by atoms with Crippen molar-refractivity contribution >= 4 is 37.8 Å². The van der Waals surface area contributed by atoms with Gasteiger partial charge in [-0.1, -0.05) is 12.8 Å². The van der Waals surface area contributed by atoms with Crippen LogP contribution in [-0.2, 0) is 0 Å². The Morgan fingerprint density at radius 3 is 2.83 bits per heavy atom. The molecule has 0 aromatic rings. The first-order chi connectivity index (χ1) is 5.84. The van der Waals surface area contributed by atoms with Gasteiger partial charge in [0.05, 0.1) is 0 Å². The number of rotatable bonds is 7. The highest BCUT2D eigenvalue weighted by molar-refractivity contribution is 14.1. The maximum atomic E-state index is 5.36. The molecule has 1 rings (SSSR count). The van der Waals surface area contributed by atoms with Crippen molar-refractivity contribution in [1.82, 2.24) is 5.32 Å². The molecule has 0 amide bonds. The average Bonchev–Trinajstić information content (AvgIpc) is 2.86. The van der Waals surface area contributed by atoms with Crippen molar-refractivity contribution in [2.75, 3.05) is 25.4 Å². The second kappa shape index (κ2) is 6.51. The Morgan fingerprint density at radius 1 is 1.50 bits per heavy atom. The van der Waals surface area contributed by atoms with E-state index in [9.17, 15) is 0 Å². The Balaban J connectivity index is 1.81. The van der Waals surface area contributed by atoms with Gasteiger partial charge in [-0.3, -0.25) is 0 Å². The summed E-state index contributed by atoms with van der Waals surface area (Å²) in [4.78, 5) is 0. The van der Waals surface area contributed by atoms with Crippen molar-refractivity contribution in [3.8, 4) is 0 Å². The third-order valence-electron chi connectivity index (χ3n) is 1.87. The van der Waals surface area contributed by atoms with Gasteiger partial charge in [0.2, 0.25) is 0 Å². The summed E-state index contributed by atoms with van der Waals surface area (Å²) < 4.78 is 0.849. The first kappa shape index (κ1) is 11.1. The Kier molecular flexibility index (Phi) is 6.04. The van der Waals surface area contributed by atoms with Gasteiger partial charge in [0, 0.05) is 19.6 Å². The standard InChI is InChI=1S/C7H16BIN2S/c9-8(7-1-2-7)12-6-5-11-4-3-10/h7,11H,1-6,10H2. The van der Waals surface area contributed by atoms with Crippen LogP contribution < -0.4 is 11.1 Å². The third kappa shape index (κ3) is 4.94. The van der Waals surface area contributed by atoms with E-state index in [1.54, 1.807) is 0 Å². The molecule has 0 radical (unpaired) electrons. The molecular formula is C7H16BIN2S. The van der Waals surface area contributed by atoms with Crippen LogP contribution >= 0.6 is 34.0 Å². The molecule has 0 aromatic heterocycles. The van der Waals surface area contributed by atoms with Crippen molar-refractivity contribution in [2.45, 2.75) is 18.7 Å². The fourth-order valence-electron chi connectivity index (χ4n) is 0.965. The number of hydrogen-bond acceptors (Lipinski definition) is 3. The van der Waals surface area contributed by atoms with Crippen LogP contribution in [-0.4, -0.2) is 29.2 Å². The summed E-state index contributed by atoms with van der Waals surface area (Å²) in [6, 6.07) is 0. The lowest BCUT2D eigenvalue weighted by Gasteiger charge is -2.05. The average molecular weight is 298 g/mol. The maximum absolute atomic E-state index is 5.36. The van der Waals surface area contributed by atoms with Crippen molar-refractivity contribution in [3.05, 3.63) is 0 Å². The first-order valence-electron chi connectivity index (χ1n) is 4.51. The van der Waals surface area contributed by atoms with Crippen LogP contribution in [0.4, 0.5) is 0 Å². The van der Waals surface area contributed by atoms with E-state index in [1.807, 2.05) is 0 Å². The van der Waals surface area contributed by atoms with Crippen LogP contribution in [0.5, 0.6) is 0 Å². The molecule has 0 aromatic carbocycles. The fourth-order valence-corrected chi connectivity index (χ4v) is 3.48. The minimum absolute atomic E-state index is 0.751. The smallest absolute Gasteiger partial charge is 0.284 e. The fraction of sp³-hybridized carbons (Fsp3) is 1.00. The van der Waals surface area contributed by atoms with Crippen molar-refractivity contribution in [2.24, 2.45) is 5.73 Å². The number of hydrogen-bond donors (Lipinski definition) is 2. The SMILES string of the molecule is NCCNCCSB(I)C1CC1. The molecule has 5 heteroatoms. The normalized spacial score (nSPS) is 16.5. The van der Waals surface area contributed by atoms with Crippen LogP contribution in [0.1, 0.15) is 12.8 Å². The zero-order valence-electron chi connectivity index (χ0n) is 7.26. The van der Waals surface area contributed by atoms with Gasteiger partial charge in [0.1, 0.15) is 0 Å². The molecular weight excluding hydrogens is 282 g/mol. The van der Waals surface area contributed by atoms with Crippen molar-refractivity contribution in [1.29, 1.82) is 0 Å². The van der Waals surface area contributed by atoms with E-state index in [1.165, 1.54) is 18.6 Å².